The fourth-order valence-corrected chi connectivity index (χ4v) is 5.60. The van der Waals surface area contributed by atoms with Gasteiger partial charge in [-0.15, -0.1) is 0 Å². The number of hydrogen-bond donors (Lipinski definition) is 9. The summed E-state index contributed by atoms with van der Waals surface area (Å²) in [5, 5.41) is 55.2. The minimum Gasteiger partial charge on any atom is -0.508 e. The Morgan fingerprint density at radius 2 is 1.44 bits per heavy atom. The number of cyclic esters (lactones) is 1. The van der Waals surface area contributed by atoms with E-state index in [4.69, 9.17) is 9.47 Å². The average Bonchev–Trinajstić information content (AvgIpc) is 3.30. The number of β-amino-alcohol motifs (C(OH)–C–C–N with tert-alkyl or cyclic N) is 1. The summed E-state index contributed by atoms with van der Waals surface area (Å²) in [5.74, 6) is -6.19. The van der Waals surface area contributed by atoms with E-state index in [2.05, 4.69) is 26.6 Å². The van der Waals surface area contributed by atoms with Crippen molar-refractivity contribution < 1.29 is 53.9 Å². The molecule has 2 aromatic rings. The minimum absolute atomic E-state index is 0.00152. The molecule has 7 atom stereocenters. The molecule has 0 aliphatic carbocycles. The summed E-state index contributed by atoms with van der Waals surface area (Å²) in [7, 11) is 0. The van der Waals surface area contributed by atoms with Crippen molar-refractivity contribution in [2.24, 2.45) is 5.92 Å². The Morgan fingerprint density at radius 1 is 0.800 bits per heavy atom. The number of nitrogens with one attached hydrogen (secondary N) is 5. The Balaban J connectivity index is 1.59. The summed E-state index contributed by atoms with van der Waals surface area (Å²) >= 11 is 0. The summed E-state index contributed by atoms with van der Waals surface area (Å²) in [6.07, 6.45) is -4.76. The van der Waals surface area contributed by atoms with Crippen molar-refractivity contribution in [3.63, 3.8) is 0 Å². The van der Waals surface area contributed by atoms with Crippen molar-refractivity contribution >= 4 is 29.6 Å². The maximum absolute atomic E-state index is 13.5. The third-order valence-corrected chi connectivity index (χ3v) is 8.32. The molecule has 0 unspecified atom stereocenters. The number of esters is 1. The maximum atomic E-state index is 13.5. The number of aromatic hydroxyl groups is 1. The van der Waals surface area contributed by atoms with Gasteiger partial charge in [-0.1, -0.05) is 56.3 Å². The van der Waals surface area contributed by atoms with Gasteiger partial charge in [-0.05, 0) is 42.0 Å². The van der Waals surface area contributed by atoms with Crippen LogP contribution in [0.1, 0.15) is 31.4 Å². The van der Waals surface area contributed by atoms with Gasteiger partial charge in [-0.2, -0.15) is 0 Å². The summed E-state index contributed by atoms with van der Waals surface area (Å²) in [6.45, 7) is 1.42. The number of carbonyl (C=O) groups is 5. The van der Waals surface area contributed by atoms with Crippen molar-refractivity contribution in [1.82, 2.24) is 26.6 Å². The maximum Gasteiger partial charge on any atom is 0.328 e. The van der Waals surface area contributed by atoms with Gasteiger partial charge in [0.15, 0.2) is 0 Å². The van der Waals surface area contributed by atoms with Crippen molar-refractivity contribution in [1.29, 1.82) is 0 Å². The molecule has 4 rings (SSSR count). The van der Waals surface area contributed by atoms with Crippen molar-refractivity contribution in [2.45, 2.75) is 75.3 Å². The highest BCUT2D eigenvalue weighted by Crippen LogP contribution is 2.29. The molecular weight excluding hydrogens is 654 g/mol. The van der Waals surface area contributed by atoms with Gasteiger partial charge in [0.1, 0.15) is 42.8 Å². The lowest BCUT2D eigenvalue weighted by molar-refractivity contribution is -0.228. The number of aliphatic hydroxyl groups is 3. The van der Waals surface area contributed by atoms with Crippen LogP contribution in [0.4, 0.5) is 0 Å². The van der Waals surface area contributed by atoms with Gasteiger partial charge in [0, 0.05) is 6.42 Å². The van der Waals surface area contributed by atoms with E-state index in [9.17, 15) is 44.4 Å². The Morgan fingerprint density at radius 3 is 2.12 bits per heavy atom. The van der Waals surface area contributed by atoms with Crippen LogP contribution in [0.25, 0.3) is 0 Å². The third-order valence-electron chi connectivity index (χ3n) is 8.32. The second-order valence-corrected chi connectivity index (χ2v) is 12.9. The highest BCUT2D eigenvalue weighted by molar-refractivity contribution is 5.93. The number of phenolic OH excluding ortho intramolecular Hbond substituents is 1. The molecule has 0 radical (unpaired) electrons. The highest BCUT2D eigenvalue weighted by Gasteiger charge is 2.54. The zero-order valence-electron chi connectivity index (χ0n) is 27.8. The first kappa shape index (κ1) is 38.2. The van der Waals surface area contributed by atoms with Crippen LogP contribution in [0, 0.1) is 5.92 Å². The van der Waals surface area contributed by atoms with Crippen LogP contribution < -0.4 is 26.6 Å². The molecule has 2 aliphatic heterocycles. The topological polar surface area (TPSA) is 245 Å². The number of carbonyl (C=O) groups excluding carboxylic acids is 5. The lowest BCUT2D eigenvalue weighted by Crippen LogP contribution is -2.56. The number of aliphatic hydroxyl groups excluding tert-OH is 2. The number of ether oxygens (including phenoxy) is 2. The van der Waals surface area contributed by atoms with E-state index in [1.54, 1.807) is 42.5 Å². The van der Waals surface area contributed by atoms with E-state index in [0.717, 1.165) is 0 Å². The van der Waals surface area contributed by atoms with Gasteiger partial charge in [0.05, 0.1) is 25.7 Å². The number of benzene rings is 2. The van der Waals surface area contributed by atoms with Crippen LogP contribution in [-0.4, -0.2) is 118 Å². The molecular formula is C34H45N5O11. The number of hydrogen-bond acceptors (Lipinski definition) is 12. The fraction of sp³-hybridized carbons (Fsp3) is 0.500. The molecule has 16 nitrogen and oxygen atoms in total. The van der Waals surface area contributed by atoms with E-state index < -0.39 is 98.1 Å². The normalized spacial score (nSPS) is 29.2. The lowest BCUT2D eigenvalue weighted by Gasteiger charge is -2.29. The SMILES string of the molecule is CC(C)C[C@@H]1NC(=O)[C@H](Cc2ccccc2)NC(=O)CNC(=O)CNC(=O)[C@H](Cc2ccc(O)cc2)NC[C@@]2(O)O[C@H](COC1=O)[C@@H](O)[C@@H]2O. The molecule has 50 heavy (non-hydrogen) atoms. The quantitative estimate of drug-likeness (QED) is 0.145. The molecule has 2 fully saturated rings. The summed E-state index contributed by atoms with van der Waals surface area (Å²) in [6, 6.07) is 11.3. The van der Waals surface area contributed by atoms with Gasteiger partial charge in [-0.25, -0.2) is 4.79 Å². The molecule has 2 bridgehead atoms. The van der Waals surface area contributed by atoms with Crippen molar-refractivity contribution in [3.05, 3.63) is 65.7 Å². The molecule has 272 valence electrons. The Hall–Kier alpha value is -4.61. The van der Waals surface area contributed by atoms with E-state index in [0.29, 0.717) is 11.1 Å². The zero-order valence-corrected chi connectivity index (χ0v) is 27.8. The van der Waals surface area contributed by atoms with Gasteiger partial charge < -0.3 is 56.5 Å². The monoisotopic (exact) mass is 699 g/mol. The number of rotatable bonds is 6. The highest BCUT2D eigenvalue weighted by atomic mass is 16.7. The molecule has 9 N–H and O–H groups in total. The van der Waals surface area contributed by atoms with Crippen molar-refractivity contribution in [3.8, 4) is 5.75 Å². The largest absolute Gasteiger partial charge is 0.508 e. The van der Waals surface area contributed by atoms with Crippen LogP contribution in [0.15, 0.2) is 54.6 Å². The van der Waals surface area contributed by atoms with E-state index in [1.165, 1.54) is 12.1 Å². The number of phenols is 1. The van der Waals surface area contributed by atoms with Crippen LogP contribution in [0.2, 0.25) is 0 Å². The van der Waals surface area contributed by atoms with Crippen LogP contribution in [0.5, 0.6) is 5.75 Å². The predicted octanol–water partition coefficient (Wildman–Crippen LogP) is -2.25. The predicted molar refractivity (Wildman–Crippen MR) is 176 cm³/mol. The number of amides is 4. The van der Waals surface area contributed by atoms with Crippen LogP contribution in [-0.2, 0) is 46.3 Å². The molecule has 2 saturated heterocycles. The van der Waals surface area contributed by atoms with E-state index in [-0.39, 0.29) is 30.9 Å². The number of fused-ring (bicyclic) bond motifs is 2. The second kappa shape index (κ2) is 17.4. The summed E-state index contributed by atoms with van der Waals surface area (Å²) in [5.41, 5.74) is 1.30. The standard InChI is InChI=1S/C34H45N5O11/c1-19(2)12-25-33(47)49-17-26-29(43)30(44)34(48,50-26)18-37-23(13-21-8-10-22(40)11-9-21)31(45)36-15-27(41)35-16-28(42)38-24(32(46)39-25)14-20-6-4-3-5-7-20/h3-11,19,23-26,29-30,37,40,43-44,48H,12-18H2,1-2H3,(H,35,41)(H,36,45)(H,38,42)(H,39,46)/t23-,24-,25-,26+,29+,30-,34+/m0/s1. The smallest absolute Gasteiger partial charge is 0.328 e. The molecule has 4 amide bonds. The average molecular weight is 700 g/mol. The van der Waals surface area contributed by atoms with Crippen LogP contribution >= 0.6 is 0 Å². The van der Waals surface area contributed by atoms with Gasteiger partial charge in [-0.3, -0.25) is 19.2 Å². The van der Waals surface area contributed by atoms with E-state index in [1.807, 2.05) is 13.8 Å². The first-order valence-electron chi connectivity index (χ1n) is 16.4. The zero-order chi connectivity index (χ0) is 36.4. The fourth-order valence-electron chi connectivity index (χ4n) is 5.60. The molecule has 0 spiro atoms. The Labute approximate surface area is 288 Å². The first-order chi connectivity index (χ1) is 23.7. The molecule has 2 aliphatic rings. The first-order valence-corrected chi connectivity index (χ1v) is 16.4. The summed E-state index contributed by atoms with van der Waals surface area (Å²) < 4.78 is 11.0. The van der Waals surface area contributed by atoms with Crippen LogP contribution in [0.3, 0.4) is 0 Å². The van der Waals surface area contributed by atoms with Crippen molar-refractivity contribution in [2.75, 3.05) is 26.2 Å². The minimum atomic E-state index is -2.43. The Kier molecular flexibility index (Phi) is 13.3. The van der Waals surface area contributed by atoms with E-state index >= 15 is 0 Å². The van der Waals surface area contributed by atoms with Gasteiger partial charge >= 0.3 is 5.97 Å². The second-order valence-electron chi connectivity index (χ2n) is 12.9. The molecule has 0 saturated carbocycles. The Bertz CT molecular complexity index is 1490. The lowest BCUT2D eigenvalue weighted by atomic mass is 10.0. The molecule has 2 heterocycles. The van der Waals surface area contributed by atoms with Gasteiger partial charge in [0.2, 0.25) is 29.4 Å². The summed E-state index contributed by atoms with van der Waals surface area (Å²) in [4.78, 5) is 65.6. The molecule has 16 heteroatoms. The molecule has 0 aromatic heterocycles. The van der Waals surface area contributed by atoms with Gasteiger partial charge in [0.25, 0.3) is 0 Å². The molecule has 2 aromatic carbocycles. The third kappa shape index (κ3) is 10.7.